The first-order valence-electron chi connectivity index (χ1n) is 9.25. The Balaban J connectivity index is 1.83. The standard InChI is InChI=1S/C21H23ClN4O2S/c1-15-5-3-6-18(13-15)26-20(16-7-9-17(22)10-8-16)24-25-21(26)29-14-19(27)23-11-4-12-28-2/h3,5-10,13H,4,11-12,14H2,1-2H3,(H,23,27). The Labute approximate surface area is 179 Å². The molecule has 0 saturated carbocycles. The molecule has 0 saturated heterocycles. The summed E-state index contributed by atoms with van der Waals surface area (Å²) in [6.45, 7) is 3.25. The molecule has 0 radical (unpaired) electrons. The molecule has 0 bridgehead atoms. The summed E-state index contributed by atoms with van der Waals surface area (Å²) >= 11 is 7.39. The number of methoxy groups -OCH3 is 1. The lowest BCUT2D eigenvalue weighted by molar-refractivity contribution is -0.118. The molecule has 152 valence electrons. The van der Waals surface area contributed by atoms with Crippen molar-refractivity contribution in [2.75, 3.05) is 26.0 Å². The SMILES string of the molecule is COCCCNC(=O)CSc1nnc(-c2ccc(Cl)cc2)n1-c1cccc(C)c1. The molecule has 0 spiro atoms. The second-order valence-electron chi connectivity index (χ2n) is 6.47. The first-order chi connectivity index (χ1) is 14.1. The fraction of sp³-hybridized carbons (Fsp3) is 0.286. The number of aryl methyl sites for hydroxylation is 1. The molecular weight excluding hydrogens is 408 g/mol. The van der Waals surface area contributed by atoms with Crippen molar-refractivity contribution in [1.82, 2.24) is 20.1 Å². The lowest BCUT2D eigenvalue weighted by Gasteiger charge is -2.11. The molecule has 0 aliphatic carbocycles. The number of thioether (sulfide) groups is 1. The fourth-order valence-electron chi connectivity index (χ4n) is 2.77. The number of carbonyl (C=O) groups is 1. The number of rotatable bonds is 9. The highest BCUT2D eigenvalue weighted by Gasteiger charge is 2.17. The Morgan fingerprint density at radius 3 is 2.72 bits per heavy atom. The van der Waals surface area contributed by atoms with Gasteiger partial charge in [-0.2, -0.15) is 0 Å². The van der Waals surface area contributed by atoms with Crippen molar-refractivity contribution in [3.8, 4) is 17.1 Å². The maximum atomic E-state index is 12.2. The Bertz CT molecular complexity index is 960. The van der Waals surface area contributed by atoms with Crippen molar-refractivity contribution in [2.45, 2.75) is 18.5 Å². The Hall–Kier alpha value is -2.35. The number of halogens is 1. The predicted molar refractivity (Wildman–Crippen MR) is 117 cm³/mol. The van der Waals surface area contributed by atoms with Gasteiger partial charge in [-0.15, -0.1) is 10.2 Å². The van der Waals surface area contributed by atoms with Gasteiger partial charge in [0.15, 0.2) is 11.0 Å². The molecule has 8 heteroatoms. The summed E-state index contributed by atoms with van der Waals surface area (Å²) in [5.41, 5.74) is 2.98. The van der Waals surface area contributed by atoms with Gasteiger partial charge in [-0.25, -0.2) is 0 Å². The third kappa shape index (κ3) is 5.82. The maximum absolute atomic E-state index is 12.2. The summed E-state index contributed by atoms with van der Waals surface area (Å²) < 4.78 is 6.96. The van der Waals surface area contributed by atoms with Crippen LogP contribution < -0.4 is 5.32 Å². The molecule has 2 aromatic carbocycles. The number of benzene rings is 2. The molecule has 29 heavy (non-hydrogen) atoms. The zero-order valence-electron chi connectivity index (χ0n) is 16.4. The van der Waals surface area contributed by atoms with Gasteiger partial charge in [0.05, 0.1) is 5.75 Å². The topological polar surface area (TPSA) is 69.0 Å². The van der Waals surface area contributed by atoms with Gasteiger partial charge in [0.2, 0.25) is 5.91 Å². The molecule has 1 amide bonds. The number of aromatic nitrogens is 3. The van der Waals surface area contributed by atoms with Crippen LogP contribution in [0.15, 0.2) is 53.7 Å². The van der Waals surface area contributed by atoms with Gasteiger partial charge >= 0.3 is 0 Å². The molecule has 1 heterocycles. The first kappa shape index (κ1) is 21.4. The molecular formula is C21H23ClN4O2S. The largest absolute Gasteiger partial charge is 0.385 e. The van der Waals surface area contributed by atoms with Crippen molar-refractivity contribution in [1.29, 1.82) is 0 Å². The van der Waals surface area contributed by atoms with Crippen LogP contribution in [0.1, 0.15) is 12.0 Å². The van der Waals surface area contributed by atoms with Crippen LogP contribution in [0.5, 0.6) is 0 Å². The summed E-state index contributed by atoms with van der Waals surface area (Å²) in [5, 5.41) is 12.9. The van der Waals surface area contributed by atoms with E-state index >= 15 is 0 Å². The molecule has 0 fully saturated rings. The Kier molecular flexibility index (Phi) is 7.69. The summed E-state index contributed by atoms with van der Waals surface area (Å²) in [6, 6.07) is 15.6. The third-order valence-electron chi connectivity index (χ3n) is 4.18. The highest BCUT2D eigenvalue weighted by molar-refractivity contribution is 7.99. The summed E-state index contributed by atoms with van der Waals surface area (Å²) in [6.07, 6.45) is 0.785. The number of carbonyl (C=O) groups excluding carboxylic acids is 1. The Morgan fingerprint density at radius 2 is 2.00 bits per heavy atom. The number of nitrogens with zero attached hydrogens (tertiary/aromatic N) is 3. The molecule has 0 aliphatic rings. The van der Waals surface area contributed by atoms with Crippen LogP contribution >= 0.6 is 23.4 Å². The van der Waals surface area contributed by atoms with Gasteiger partial charge in [0, 0.05) is 36.5 Å². The van der Waals surface area contributed by atoms with E-state index in [-0.39, 0.29) is 11.7 Å². The molecule has 0 unspecified atom stereocenters. The second-order valence-corrected chi connectivity index (χ2v) is 7.85. The maximum Gasteiger partial charge on any atom is 0.230 e. The van der Waals surface area contributed by atoms with E-state index in [1.54, 1.807) is 7.11 Å². The second kappa shape index (κ2) is 10.4. The van der Waals surface area contributed by atoms with Crippen LogP contribution in [0.4, 0.5) is 0 Å². The van der Waals surface area contributed by atoms with Crippen LogP contribution in [0.2, 0.25) is 5.02 Å². The minimum atomic E-state index is -0.0436. The number of hydrogen-bond donors (Lipinski definition) is 1. The normalized spacial score (nSPS) is 10.9. The minimum absolute atomic E-state index is 0.0436. The number of ether oxygens (including phenoxy) is 1. The molecule has 3 rings (SSSR count). The monoisotopic (exact) mass is 430 g/mol. The van der Waals surface area contributed by atoms with Crippen LogP contribution in [0.3, 0.4) is 0 Å². The van der Waals surface area contributed by atoms with Gasteiger partial charge < -0.3 is 10.1 Å². The van der Waals surface area contributed by atoms with Crippen molar-refractivity contribution >= 4 is 29.3 Å². The van der Waals surface area contributed by atoms with E-state index in [9.17, 15) is 4.79 Å². The van der Waals surface area contributed by atoms with Gasteiger partial charge in [-0.3, -0.25) is 9.36 Å². The first-order valence-corrected chi connectivity index (χ1v) is 10.6. The molecule has 6 nitrogen and oxygen atoms in total. The smallest absolute Gasteiger partial charge is 0.230 e. The molecule has 1 N–H and O–H groups in total. The van der Waals surface area contributed by atoms with Gasteiger partial charge in [-0.1, -0.05) is 35.5 Å². The van der Waals surface area contributed by atoms with Crippen LogP contribution in [0.25, 0.3) is 17.1 Å². The highest BCUT2D eigenvalue weighted by Crippen LogP contribution is 2.29. The van der Waals surface area contributed by atoms with Gasteiger partial charge in [0.1, 0.15) is 0 Å². The van der Waals surface area contributed by atoms with E-state index in [1.807, 2.05) is 54.0 Å². The number of nitrogens with one attached hydrogen (secondary N) is 1. The third-order valence-corrected chi connectivity index (χ3v) is 5.36. The van der Waals surface area contributed by atoms with Crippen LogP contribution in [0, 0.1) is 6.92 Å². The lowest BCUT2D eigenvalue weighted by atomic mass is 10.2. The lowest BCUT2D eigenvalue weighted by Crippen LogP contribution is -2.26. The van der Waals surface area contributed by atoms with E-state index in [0.717, 1.165) is 23.2 Å². The van der Waals surface area contributed by atoms with E-state index < -0.39 is 0 Å². The van der Waals surface area contributed by atoms with E-state index in [1.165, 1.54) is 11.8 Å². The average Bonchev–Trinajstić information content (AvgIpc) is 3.14. The van der Waals surface area contributed by atoms with Crippen molar-refractivity contribution < 1.29 is 9.53 Å². The zero-order valence-corrected chi connectivity index (χ0v) is 18.0. The summed E-state index contributed by atoms with van der Waals surface area (Å²) in [5.74, 6) is 0.922. The van der Waals surface area contributed by atoms with E-state index in [2.05, 4.69) is 21.6 Å². The summed E-state index contributed by atoms with van der Waals surface area (Å²) in [7, 11) is 1.65. The zero-order chi connectivity index (χ0) is 20.6. The van der Waals surface area contributed by atoms with E-state index in [4.69, 9.17) is 16.3 Å². The Morgan fingerprint density at radius 1 is 1.21 bits per heavy atom. The predicted octanol–water partition coefficient (Wildman–Crippen LogP) is 4.14. The van der Waals surface area contributed by atoms with Gasteiger partial charge in [-0.05, 0) is 55.3 Å². The molecule has 0 aliphatic heterocycles. The average molecular weight is 431 g/mol. The van der Waals surface area contributed by atoms with Crippen LogP contribution in [-0.2, 0) is 9.53 Å². The van der Waals surface area contributed by atoms with E-state index in [0.29, 0.717) is 29.2 Å². The van der Waals surface area contributed by atoms with Crippen molar-refractivity contribution in [2.24, 2.45) is 0 Å². The molecule has 3 aromatic rings. The number of hydrogen-bond acceptors (Lipinski definition) is 5. The quantitative estimate of drug-likeness (QED) is 0.408. The minimum Gasteiger partial charge on any atom is -0.385 e. The number of amides is 1. The highest BCUT2D eigenvalue weighted by atomic mass is 35.5. The fourth-order valence-corrected chi connectivity index (χ4v) is 3.68. The van der Waals surface area contributed by atoms with Crippen molar-refractivity contribution in [3.05, 3.63) is 59.1 Å². The molecule has 1 aromatic heterocycles. The molecule has 0 atom stereocenters. The van der Waals surface area contributed by atoms with Gasteiger partial charge in [0.25, 0.3) is 0 Å². The van der Waals surface area contributed by atoms with Crippen LogP contribution in [-0.4, -0.2) is 46.7 Å². The summed E-state index contributed by atoms with van der Waals surface area (Å²) in [4.78, 5) is 12.2. The van der Waals surface area contributed by atoms with Crippen molar-refractivity contribution in [3.63, 3.8) is 0 Å².